The average molecular weight is 262 g/mol. The first-order valence-electron chi connectivity index (χ1n) is 5.33. The van der Waals surface area contributed by atoms with E-state index in [-0.39, 0.29) is 18.3 Å². The van der Waals surface area contributed by atoms with Crippen LogP contribution in [0.4, 0.5) is 0 Å². The molecule has 0 aliphatic rings. The molecule has 17 heavy (non-hydrogen) atoms. The summed E-state index contributed by atoms with van der Waals surface area (Å²) in [5, 5.41) is 0. The molecule has 1 atom stereocenters. The molecule has 0 radical (unpaired) electrons. The lowest BCUT2D eigenvalue weighted by atomic mass is 10.0. The van der Waals surface area contributed by atoms with Gasteiger partial charge in [0.1, 0.15) is 6.61 Å². The van der Waals surface area contributed by atoms with Gasteiger partial charge in [-0.2, -0.15) is 0 Å². The van der Waals surface area contributed by atoms with Gasteiger partial charge in [0, 0.05) is 33.0 Å². The summed E-state index contributed by atoms with van der Waals surface area (Å²) in [6, 6.07) is 0. The van der Waals surface area contributed by atoms with Gasteiger partial charge in [0.15, 0.2) is 5.78 Å². The molecule has 0 saturated carbocycles. The molecule has 0 spiro atoms. The van der Waals surface area contributed by atoms with E-state index in [1.54, 1.807) is 6.92 Å². The fourth-order valence-corrected chi connectivity index (χ4v) is 1.57. The van der Waals surface area contributed by atoms with E-state index in [4.69, 9.17) is 4.52 Å². The van der Waals surface area contributed by atoms with Crippen LogP contribution in [0.25, 0.3) is 0 Å². The van der Waals surface area contributed by atoms with Crippen LogP contribution in [0.3, 0.4) is 0 Å². The number of hydrogen-bond donors (Lipinski definition) is 0. The van der Waals surface area contributed by atoms with E-state index in [2.05, 4.69) is 20.9 Å². The first kappa shape index (κ1) is 16.3. The molecule has 0 aliphatic carbocycles. The van der Waals surface area contributed by atoms with E-state index in [0.717, 1.165) is 6.42 Å². The fraction of sp³-hybridized carbons (Fsp3) is 0.727. The molecule has 0 N–H and O–H groups in total. The summed E-state index contributed by atoms with van der Waals surface area (Å²) in [4.78, 5) is 11.6. The van der Waals surface area contributed by atoms with Crippen LogP contribution in [0.5, 0.6) is 0 Å². The quantitative estimate of drug-likeness (QED) is 0.521. The third-order valence-corrected chi connectivity index (χ3v) is 3.41. The SMILES string of the molecule is CCC#CCC(C)C(=O)COP(=O)(OC)OC. The second-order valence-electron chi connectivity index (χ2n) is 3.36. The first-order chi connectivity index (χ1) is 7.99. The molecule has 0 rings (SSSR count). The molecule has 1 unspecified atom stereocenters. The van der Waals surface area contributed by atoms with Crippen molar-refractivity contribution in [1.82, 2.24) is 0 Å². The van der Waals surface area contributed by atoms with Crippen LogP contribution in [0.2, 0.25) is 0 Å². The predicted octanol–water partition coefficient (Wildman–Crippen LogP) is 2.41. The number of phosphoric acid groups is 1. The van der Waals surface area contributed by atoms with E-state index >= 15 is 0 Å². The van der Waals surface area contributed by atoms with Gasteiger partial charge in [-0.15, -0.1) is 11.8 Å². The van der Waals surface area contributed by atoms with Crippen molar-refractivity contribution >= 4 is 13.6 Å². The standard InChI is InChI=1S/C11H19O5P/c1-5-6-7-8-10(2)11(12)9-16-17(13,14-3)15-4/h10H,5,8-9H2,1-4H3. The zero-order chi connectivity index (χ0) is 13.3. The first-order valence-corrected chi connectivity index (χ1v) is 6.79. The van der Waals surface area contributed by atoms with Crippen molar-refractivity contribution in [3.05, 3.63) is 0 Å². The monoisotopic (exact) mass is 262 g/mol. The Hall–Kier alpha value is -0.660. The molecule has 5 nitrogen and oxygen atoms in total. The van der Waals surface area contributed by atoms with E-state index < -0.39 is 7.82 Å². The summed E-state index contributed by atoms with van der Waals surface area (Å²) in [6.07, 6.45) is 1.24. The third-order valence-electron chi connectivity index (χ3n) is 2.07. The molecule has 6 heteroatoms. The second kappa shape index (κ2) is 8.43. The third kappa shape index (κ3) is 6.60. The summed E-state index contributed by atoms with van der Waals surface area (Å²) in [6.45, 7) is 3.39. The van der Waals surface area contributed by atoms with Crippen LogP contribution in [0.15, 0.2) is 0 Å². The normalized spacial score (nSPS) is 12.7. The predicted molar refractivity (Wildman–Crippen MR) is 64.4 cm³/mol. The largest absolute Gasteiger partial charge is 0.474 e. The molecule has 0 amide bonds. The highest BCUT2D eigenvalue weighted by atomic mass is 31.2. The van der Waals surface area contributed by atoms with Crippen molar-refractivity contribution in [2.24, 2.45) is 5.92 Å². The van der Waals surface area contributed by atoms with E-state index in [1.165, 1.54) is 14.2 Å². The van der Waals surface area contributed by atoms with Gasteiger partial charge in [0.2, 0.25) is 0 Å². The Labute approximate surface area is 102 Å². The maximum Gasteiger partial charge on any atom is 0.474 e. The van der Waals surface area contributed by atoms with Crippen LogP contribution in [0, 0.1) is 17.8 Å². The molecule has 0 heterocycles. The lowest BCUT2D eigenvalue weighted by molar-refractivity contribution is -0.124. The second-order valence-corrected chi connectivity index (χ2v) is 5.25. The molecular formula is C11H19O5P. The van der Waals surface area contributed by atoms with E-state index in [1.807, 2.05) is 6.92 Å². The Morgan fingerprint density at radius 3 is 2.35 bits per heavy atom. The number of phosphoric ester groups is 1. The molecule has 0 aromatic heterocycles. The van der Waals surface area contributed by atoms with Crippen LogP contribution in [0.1, 0.15) is 26.7 Å². The van der Waals surface area contributed by atoms with Gasteiger partial charge in [-0.3, -0.25) is 18.4 Å². The smallest absolute Gasteiger partial charge is 0.297 e. The number of carbonyl (C=O) groups is 1. The van der Waals surface area contributed by atoms with Crippen LogP contribution in [-0.4, -0.2) is 26.6 Å². The maximum absolute atomic E-state index is 11.6. The number of hydrogen-bond acceptors (Lipinski definition) is 5. The van der Waals surface area contributed by atoms with Gasteiger partial charge >= 0.3 is 7.82 Å². The van der Waals surface area contributed by atoms with Crippen LogP contribution >= 0.6 is 7.82 Å². The molecule has 0 aliphatic heterocycles. The topological polar surface area (TPSA) is 61.8 Å². The van der Waals surface area contributed by atoms with Crippen molar-refractivity contribution < 1.29 is 22.9 Å². The van der Waals surface area contributed by atoms with Gasteiger partial charge in [-0.1, -0.05) is 13.8 Å². The number of ketones is 1. The average Bonchev–Trinajstić information content (AvgIpc) is 2.35. The molecule has 0 aromatic carbocycles. The fourth-order valence-electron chi connectivity index (χ4n) is 0.929. The van der Waals surface area contributed by atoms with Gasteiger partial charge in [-0.25, -0.2) is 4.57 Å². The summed E-state index contributed by atoms with van der Waals surface area (Å²) >= 11 is 0. The lowest BCUT2D eigenvalue weighted by Crippen LogP contribution is -2.16. The van der Waals surface area contributed by atoms with Crippen LogP contribution < -0.4 is 0 Å². The Balaban J connectivity index is 4.13. The van der Waals surface area contributed by atoms with Gasteiger partial charge in [0.05, 0.1) is 0 Å². The number of Topliss-reactive ketones (excluding diaryl/α,β-unsaturated/α-hetero) is 1. The molecule has 0 aromatic rings. The van der Waals surface area contributed by atoms with E-state index in [0.29, 0.717) is 6.42 Å². The number of rotatable bonds is 7. The minimum atomic E-state index is -3.56. The van der Waals surface area contributed by atoms with E-state index in [9.17, 15) is 9.36 Å². The molecule has 0 fully saturated rings. The highest BCUT2D eigenvalue weighted by molar-refractivity contribution is 7.48. The molecule has 0 bridgehead atoms. The van der Waals surface area contributed by atoms with Gasteiger partial charge in [-0.05, 0) is 0 Å². The van der Waals surface area contributed by atoms with Crippen molar-refractivity contribution in [1.29, 1.82) is 0 Å². The molecular weight excluding hydrogens is 243 g/mol. The Kier molecular flexibility index (Phi) is 8.11. The molecule has 0 saturated heterocycles. The Morgan fingerprint density at radius 1 is 1.29 bits per heavy atom. The number of carbonyl (C=O) groups excluding carboxylic acids is 1. The summed E-state index contributed by atoms with van der Waals surface area (Å²) in [5.74, 6) is 5.33. The highest BCUT2D eigenvalue weighted by Gasteiger charge is 2.25. The minimum absolute atomic E-state index is 0.176. The van der Waals surface area contributed by atoms with Crippen molar-refractivity contribution in [2.45, 2.75) is 26.7 Å². The lowest BCUT2D eigenvalue weighted by Gasteiger charge is -2.13. The highest BCUT2D eigenvalue weighted by Crippen LogP contribution is 2.47. The zero-order valence-corrected chi connectivity index (χ0v) is 11.6. The summed E-state index contributed by atoms with van der Waals surface area (Å²) in [7, 11) is -1.16. The zero-order valence-electron chi connectivity index (χ0n) is 10.7. The van der Waals surface area contributed by atoms with Crippen molar-refractivity contribution in [3.63, 3.8) is 0 Å². The maximum atomic E-state index is 11.6. The summed E-state index contributed by atoms with van der Waals surface area (Å²) in [5.41, 5.74) is 0. The van der Waals surface area contributed by atoms with Gasteiger partial charge in [0.25, 0.3) is 0 Å². The van der Waals surface area contributed by atoms with Gasteiger partial charge < -0.3 is 0 Å². The Bertz CT molecular complexity index is 334. The Morgan fingerprint density at radius 2 is 1.88 bits per heavy atom. The summed E-state index contributed by atoms with van der Waals surface area (Å²) < 4.78 is 25.4. The van der Waals surface area contributed by atoms with Crippen LogP contribution in [-0.2, 0) is 22.9 Å². The minimum Gasteiger partial charge on any atom is -0.297 e. The van der Waals surface area contributed by atoms with Crippen molar-refractivity contribution in [3.8, 4) is 11.8 Å². The molecule has 98 valence electrons. The van der Waals surface area contributed by atoms with Crippen molar-refractivity contribution in [2.75, 3.05) is 20.8 Å².